The minimum atomic E-state index is -4.64. The summed E-state index contributed by atoms with van der Waals surface area (Å²) >= 11 is 0. The third-order valence-electron chi connectivity index (χ3n) is 3.46. The molecule has 1 aliphatic rings. The van der Waals surface area contributed by atoms with E-state index in [0.717, 1.165) is 32.0 Å². The molecule has 1 unspecified atom stereocenters. The standard InChI is InChI=1S/C13H16F3N3O2.ClH/c14-13(15,16)10-2-1-9(12(21)19-10)11(20)18-6-4-8-3-5-17-7-8;/h1-2,8,17H,3-7H2,(H,18,20)(H,19,21);1H. The van der Waals surface area contributed by atoms with Crippen LogP contribution in [0.5, 0.6) is 0 Å². The first-order chi connectivity index (χ1) is 9.88. The van der Waals surface area contributed by atoms with Crippen LogP contribution in [0.15, 0.2) is 16.9 Å². The van der Waals surface area contributed by atoms with Crippen molar-refractivity contribution in [3.8, 4) is 0 Å². The van der Waals surface area contributed by atoms with Gasteiger partial charge in [-0.25, -0.2) is 0 Å². The first kappa shape index (κ1) is 18.5. The minimum Gasteiger partial charge on any atom is -0.352 e. The van der Waals surface area contributed by atoms with Gasteiger partial charge < -0.3 is 15.6 Å². The van der Waals surface area contributed by atoms with Crippen molar-refractivity contribution in [1.29, 1.82) is 0 Å². The predicted molar refractivity (Wildman–Crippen MR) is 77.2 cm³/mol. The Kier molecular flexibility index (Phi) is 6.43. The number of aromatic nitrogens is 1. The average molecular weight is 340 g/mol. The van der Waals surface area contributed by atoms with Crippen LogP contribution < -0.4 is 16.2 Å². The molecule has 1 aliphatic heterocycles. The molecule has 124 valence electrons. The molecule has 0 aromatic carbocycles. The van der Waals surface area contributed by atoms with Crippen molar-refractivity contribution in [3.05, 3.63) is 33.7 Å². The van der Waals surface area contributed by atoms with Gasteiger partial charge in [0.05, 0.1) is 0 Å². The molecule has 3 N–H and O–H groups in total. The molecule has 0 bridgehead atoms. The van der Waals surface area contributed by atoms with E-state index in [4.69, 9.17) is 0 Å². The highest BCUT2D eigenvalue weighted by Crippen LogP contribution is 2.26. The van der Waals surface area contributed by atoms with E-state index >= 15 is 0 Å². The molecule has 1 aromatic heterocycles. The molecule has 2 rings (SSSR count). The minimum absolute atomic E-state index is 0. The van der Waals surface area contributed by atoms with Gasteiger partial charge in [0.25, 0.3) is 11.5 Å². The number of carbonyl (C=O) groups is 1. The second kappa shape index (κ2) is 7.64. The van der Waals surface area contributed by atoms with Gasteiger partial charge in [-0.05, 0) is 44.0 Å². The zero-order valence-electron chi connectivity index (χ0n) is 11.6. The first-order valence-electron chi connectivity index (χ1n) is 6.67. The number of aromatic amines is 1. The van der Waals surface area contributed by atoms with Gasteiger partial charge in [0, 0.05) is 6.54 Å². The van der Waals surface area contributed by atoms with Crippen LogP contribution in [-0.2, 0) is 6.18 Å². The van der Waals surface area contributed by atoms with Crippen molar-refractivity contribution < 1.29 is 18.0 Å². The first-order valence-corrected chi connectivity index (χ1v) is 6.67. The molecule has 1 atom stereocenters. The molecule has 2 heterocycles. The lowest BCUT2D eigenvalue weighted by molar-refractivity contribution is -0.141. The van der Waals surface area contributed by atoms with Crippen LogP contribution in [0, 0.1) is 5.92 Å². The second-order valence-corrected chi connectivity index (χ2v) is 5.02. The lowest BCUT2D eigenvalue weighted by Gasteiger charge is -2.10. The van der Waals surface area contributed by atoms with Crippen molar-refractivity contribution in [2.75, 3.05) is 19.6 Å². The average Bonchev–Trinajstić information content (AvgIpc) is 2.90. The fraction of sp³-hybridized carbons (Fsp3) is 0.538. The van der Waals surface area contributed by atoms with Gasteiger partial charge in [-0.15, -0.1) is 12.4 Å². The highest BCUT2D eigenvalue weighted by Gasteiger charge is 2.32. The summed E-state index contributed by atoms with van der Waals surface area (Å²) < 4.78 is 37.2. The smallest absolute Gasteiger partial charge is 0.352 e. The number of nitrogens with one attached hydrogen (secondary N) is 3. The zero-order valence-corrected chi connectivity index (χ0v) is 12.4. The van der Waals surface area contributed by atoms with Crippen molar-refractivity contribution in [2.45, 2.75) is 19.0 Å². The van der Waals surface area contributed by atoms with Gasteiger partial charge in [0.15, 0.2) is 0 Å². The third-order valence-corrected chi connectivity index (χ3v) is 3.46. The second-order valence-electron chi connectivity index (χ2n) is 5.02. The van der Waals surface area contributed by atoms with Crippen LogP contribution in [0.4, 0.5) is 13.2 Å². The van der Waals surface area contributed by atoms with Crippen LogP contribution in [0.2, 0.25) is 0 Å². The molecule has 1 amide bonds. The maximum atomic E-state index is 12.4. The molecule has 9 heteroatoms. The van der Waals surface area contributed by atoms with Gasteiger partial charge in [0.1, 0.15) is 11.3 Å². The molecule has 0 aliphatic carbocycles. The highest BCUT2D eigenvalue weighted by atomic mass is 35.5. The van der Waals surface area contributed by atoms with E-state index in [9.17, 15) is 22.8 Å². The Balaban J connectivity index is 0.00000242. The molecule has 1 saturated heterocycles. The van der Waals surface area contributed by atoms with E-state index in [0.29, 0.717) is 18.5 Å². The molecule has 0 radical (unpaired) electrons. The number of halogens is 4. The zero-order chi connectivity index (χ0) is 15.5. The van der Waals surface area contributed by atoms with Gasteiger partial charge in [-0.2, -0.15) is 13.2 Å². The Hall–Kier alpha value is -1.54. The number of amides is 1. The summed E-state index contributed by atoms with van der Waals surface area (Å²) in [4.78, 5) is 25.0. The summed E-state index contributed by atoms with van der Waals surface area (Å²) in [5.41, 5.74) is -2.52. The quantitative estimate of drug-likeness (QED) is 0.779. The van der Waals surface area contributed by atoms with Gasteiger partial charge in [0.2, 0.25) is 0 Å². The number of hydrogen-bond acceptors (Lipinski definition) is 3. The van der Waals surface area contributed by atoms with Crippen molar-refractivity contribution in [1.82, 2.24) is 15.6 Å². The van der Waals surface area contributed by atoms with E-state index in [1.165, 1.54) is 0 Å². The summed E-state index contributed by atoms with van der Waals surface area (Å²) in [6.07, 6.45) is -2.82. The Morgan fingerprint density at radius 1 is 1.36 bits per heavy atom. The fourth-order valence-corrected chi connectivity index (χ4v) is 2.26. The van der Waals surface area contributed by atoms with Gasteiger partial charge in [-0.1, -0.05) is 0 Å². The lowest BCUT2D eigenvalue weighted by atomic mass is 10.1. The van der Waals surface area contributed by atoms with Crippen LogP contribution in [0.25, 0.3) is 0 Å². The Bertz CT molecular complexity index is 568. The fourth-order valence-electron chi connectivity index (χ4n) is 2.26. The van der Waals surface area contributed by atoms with Crippen molar-refractivity contribution >= 4 is 18.3 Å². The topological polar surface area (TPSA) is 74.0 Å². The predicted octanol–water partition coefficient (Wildman–Crippen LogP) is 1.54. The third kappa shape index (κ3) is 4.74. The van der Waals surface area contributed by atoms with E-state index in [1.807, 2.05) is 0 Å². The van der Waals surface area contributed by atoms with E-state index in [1.54, 1.807) is 4.98 Å². The van der Waals surface area contributed by atoms with Gasteiger partial charge in [-0.3, -0.25) is 9.59 Å². The molecule has 0 saturated carbocycles. The molecular formula is C13H17ClF3N3O2. The monoisotopic (exact) mass is 339 g/mol. The summed E-state index contributed by atoms with van der Waals surface area (Å²) in [7, 11) is 0. The summed E-state index contributed by atoms with van der Waals surface area (Å²) in [5.74, 6) is -0.174. The van der Waals surface area contributed by atoms with E-state index in [2.05, 4.69) is 10.6 Å². The largest absolute Gasteiger partial charge is 0.431 e. The van der Waals surface area contributed by atoms with Crippen molar-refractivity contribution in [2.24, 2.45) is 5.92 Å². The lowest BCUT2D eigenvalue weighted by Crippen LogP contribution is -2.32. The van der Waals surface area contributed by atoms with E-state index < -0.39 is 23.3 Å². The Morgan fingerprint density at radius 3 is 2.64 bits per heavy atom. The van der Waals surface area contributed by atoms with Gasteiger partial charge >= 0.3 is 6.18 Å². The molecular weight excluding hydrogens is 323 g/mol. The molecule has 5 nitrogen and oxygen atoms in total. The highest BCUT2D eigenvalue weighted by molar-refractivity contribution is 5.93. The molecule has 1 aromatic rings. The normalized spacial score (nSPS) is 17.9. The number of hydrogen-bond donors (Lipinski definition) is 3. The van der Waals surface area contributed by atoms with Crippen LogP contribution in [0.1, 0.15) is 28.9 Å². The number of alkyl halides is 3. The molecule has 0 spiro atoms. The molecule has 22 heavy (non-hydrogen) atoms. The summed E-state index contributed by atoms with van der Waals surface area (Å²) in [6, 6.07) is 1.59. The summed E-state index contributed by atoms with van der Waals surface area (Å²) in [5, 5.41) is 5.75. The van der Waals surface area contributed by atoms with Crippen LogP contribution in [0.3, 0.4) is 0 Å². The Labute approximate surface area is 131 Å². The van der Waals surface area contributed by atoms with Crippen LogP contribution >= 0.6 is 12.4 Å². The maximum Gasteiger partial charge on any atom is 0.431 e. The Morgan fingerprint density at radius 2 is 2.09 bits per heavy atom. The maximum absolute atomic E-state index is 12.4. The number of H-pyrrole nitrogens is 1. The van der Waals surface area contributed by atoms with E-state index in [-0.39, 0.29) is 18.0 Å². The van der Waals surface area contributed by atoms with Crippen molar-refractivity contribution in [3.63, 3.8) is 0 Å². The molecule has 1 fully saturated rings. The number of rotatable bonds is 4. The van der Waals surface area contributed by atoms with Crippen LogP contribution in [-0.4, -0.2) is 30.5 Å². The number of carbonyl (C=O) groups excluding carboxylic acids is 1. The summed E-state index contributed by atoms with van der Waals surface area (Å²) in [6.45, 7) is 2.25. The SMILES string of the molecule is Cl.O=C(NCCC1CCNC1)c1ccc(C(F)(F)F)[nH]c1=O. The number of pyridine rings is 1.